The number of anilines is 1. The van der Waals surface area contributed by atoms with Crippen LogP contribution in [-0.2, 0) is 14.8 Å². The molecule has 1 aliphatic heterocycles. The summed E-state index contributed by atoms with van der Waals surface area (Å²) in [5, 5.41) is 0. The van der Waals surface area contributed by atoms with E-state index < -0.39 is 38.7 Å². The maximum atomic E-state index is 15.3. The van der Waals surface area contributed by atoms with Gasteiger partial charge in [-0.2, -0.15) is 0 Å². The summed E-state index contributed by atoms with van der Waals surface area (Å²) < 4.78 is 61.6. The van der Waals surface area contributed by atoms with Gasteiger partial charge in [0.2, 0.25) is 15.8 Å². The monoisotopic (exact) mass is 568 g/mol. The number of carbonyl (C=O) groups excluding carboxylic acids is 2. The smallest absolute Gasteiger partial charge is 0.254 e. The number of aromatic amines is 1. The summed E-state index contributed by atoms with van der Waals surface area (Å²) in [5.74, 6) is -3.79. The second kappa shape index (κ2) is 11.1. The Hall–Kier alpha value is -4.16. The molecule has 1 amide bonds. The molecule has 0 atom stereocenters. The molecule has 2 aromatic carbocycles. The first-order valence-corrected chi connectivity index (χ1v) is 14.3. The average molecular weight is 569 g/mol. The number of ether oxygens (including phenoxy) is 1. The maximum absolute atomic E-state index is 15.3. The number of ketones is 1. The first-order valence-electron chi connectivity index (χ1n) is 12.7. The van der Waals surface area contributed by atoms with Crippen LogP contribution >= 0.6 is 0 Å². The molecule has 2 aromatic heterocycles. The van der Waals surface area contributed by atoms with E-state index in [9.17, 15) is 22.4 Å². The molecule has 0 bridgehead atoms. The number of nitrogens with zero attached hydrogens (tertiary/aromatic N) is 2. The van der Waals surface area contributed by atoms with Crippen LogP contribution < -0.4 is 4.72 Å². The highest BCUT2D eigenvalue weighted by atomic mass is 32.2. The van der Waals surface area contributed by atoms with Gasteiger partial charge in [-0.25, -0.2) is 22.2 Å². The van der Waals surface area contributed by atoms with Gasteiger partial charge in [0.1, 0.15) is 5.82 Å². The molecule has 5 rings (SSSR count). The van der Waals surface area contributed by atoms with Crippen molar-refractivity contribution in [2.45, 2.75) is 13.3 Å². The Labute approximate surface area is 229 Å². The molecule has 9 nitrogen and oxygen atoms in total. The van der Waals surface area contributed by atoms with Gasteiger partial charge in [0.05, 0.1) is 52.5 Å². The average Bonchev–Trinajstić information content (AvgIpc) is 3.38. The lowest BCUT2D eigenvalue weighted by atomic mass is 10.0. The maximum Gasteiger partial charge on any atom is 0.254 e. The molecule has 0 aliphatic carbocycles. The normalized spacial score (nSPS) is 13.9. The van der Waals surface area contributed by atoms with E-state index in [-0.39, 0.29) is 22.7 Å². The van der Waals surface area contributed by atoms with Crippen LogP contribution in [0, 0.1) is 11.6 Å². The molecule has 40 heavy (non-hydrogen) atoms. The van der Waals surface area contributed by atoms with Gasteiger partial charge in [-0.1, -0.05) is 19.1 Å². The zero-order chi connectivity index (χ0) is 28.4. The topological polar surface area (TPSA) is 121 Å². The van der Waals surface area contributed by atoms with E-state index in [4.69, 9.17) is 4.74 Å². The van der Waals surface area contributed by atoms with Gasteiger partial charge >= 0.3 is 0 Å². The van der Waals surface area contributed by atoms with E-state index in [1.807, 2.05) is 0 Å². The summed E-state index contributed by atoms with van der Waals surface area (Å²) in [5.41, 5.74) is 0.831. The van der Waals surface area contributed by atoms with Crippen molar-refractivity contribution in [2.24, 2.45) is 0 Å². The molecule has 2 N–H and O–H groups in total. The van der Waals surface area contributed by atoms with Crippen molar-refractivity contribution in [1.82, 2.24) is 14.9 Å². The highest BCUT2D eigenvalue weighted by Crippen LogP contribution is 2.29. The number of carbonyl (C=O) groups is 2. The molecular formula is C28H26F2N4O5S. The van der Waals surface area contributed by atoms with Gasteiger partial charge in [-0.05, 0) is 42.8 Å². The van der Waals surface area contributed by atoms with Crippen LogP contribution in [0.3, 0.4) is 0 Å². The van der Waals surface area contributed by atoms with Crippen molar-refractivity contribution in [3.63, 3.8) is 0 Å². The number of nitrogens with one attached hydrogen (secondary N) is 2. The molecule has 0 saturated carbocycles. The first-order chi connectivity index (χ1) is 19.2. The van der Waals surface area contributed by atoms with Crippen LogP contribution in [0.25, 0.3) is 22.3 Å². The number of halogens is 2. The fourth-order valence-corrected chi connectivity index (χ4v) is 5.66. The Morgan fingerprint density at radius 2 is 1.77 bits per heavy atom. The number of hydrogen-bond donors (Lipinski definition) is 2. The summed E-state index contributed by atoms with van der Waals surface area (Å²) in [6.45, 7) is 3.69. The molecule has 0 radical (unpaired) electrons. The minimum absolute atomic E-state index is 0.0812. The Kier molecular flexibility index (Phi) is 7.63. The van der Waals surface area contributed by atoms with Crippen molar-refractivity contribution in [1.29, 1.82) is 0 Å². The lowest BCUT2D eigenvalue weighted by molar-refractivity contribution is 0.0303. The van der Waals surface area contributed by atoms with Crippen molar-refractivity contribution >= 4 is 38.4 Å². The van der Waals surface area contributed by atoms with Crippen LogP contribution in [0.1, 0.15) is 39.6 Å². The van der Waals surface area contributed by atoms with Crippen LogP contribution in [0.15, 0.2) is 54.7 Å². The molecule has 0 unspecified atom stereocenters. The highest BCUT2D eigenvalue weighted by molar-refractivity contribution is 7.92. The third-order valence-corrected chi connectivity index (χ3v) is 8.03. The number of pyridine rings is 1. The van der Waals surface area contributed by atoms with Crippen LogP contribution in [0.4, 0.5) is 14.5 Å². The van der Waals surface area contributed by atoms with Gasteiger partial charge in [0.15, 0.2) is 5.82 Å². The standard InChI is InChI=1S/C28H26F2N4O5S/c1-2-15-40(37,38)33-22-8-7-20(29)24(25(22)30)27(35)19-16-31-23-10-9-21(32-26(19)23)17-3-5-18(6-4-17)28(36)34-11-13-39-14-12-34/h3-10,16,31,33H,2,11-15H2,1H3. The molecule has 4 aromatic rings. The predicted octanol–water partition coefficient (Wildman–Crippen LogP) is 4.36. The summed E-state index contributed by atoms with van der Waals surface area (Å²) in [6.07, 6.45) is 1.60. The minimum atomic E-state index is -3.87. The summed E-state index contributed by atoms with van der Waals surface area (Å²) in [7, 11) is -3.87. The molecule has 0 spiro atoms. The second-order valence-corrected chi connectivity index (χ2v) is 11.2. The number of fused-ring (bicyclic) bond motifs is 1. The Balaban J connectivity index is 1.45. The molecule has 1 aliphatic rings. The Bertz CT molecular complexity index is 1700. The summed E-state index contributed by atoms with van der Waals surface area (Å²) in [4.78, 5) is 35.3. The number of amides is 1. The van der Waals surface area contributed by atoms with E-state index in [1.165, 1.54) is 6.20 Å². The van der Waals surface area contributed by atoms with E-state index in [0.717, 1.165) is 12.1 Å². The molecule has 1 fully saturated rings. The van der Waals surface area contributed by atoms with E-state index in [2.05, 4.69) is 14.7 Å². The summed E-state index contributed by atoms with van der Waals surface area (Å²) in [6, 6.07) is 12.0. The number of rotatable bonds is 8. The number of sulfonamides is 1. The highest BCUT2D eigenvalue weighted by Gasteiger charge is 2.26. The van der Waals surface area contributed by atoms with E-state index in [0.29, 0.717) is 55.1 Å². The third-order valence-electron chi connectivity index (χ3n) is 6.55. The van der Waals surface area contributed by atoms with E-state index >= 15 is 4.39 Å². The summed E-state index contributed by atoms with van der Waals surface area (Å²) >= 11 is 0. The van der Waals surface area contributed by atoms with Crippen molar-refractivity contribution in [3.05, 3.63) is 83.1 Å². The lowest BCUT2D eigenvalue weighted by Gasteiger charge is -2.26. The molecule has 3 heterocycles. The first kappa shape index (κ1) is 27.4. The number of aromatic nitrogens is 2. The predicted molar refractivity (Wildman–Crippen MR) is 146 cm³/mol. The van der Waals surface area contributed by atoms with Crippen molar-refractivity contribution in [2.75, 3.05) is 36.8 Å². The largest absolute Gasteiger partial charge is 0.378 e. The second-order valence-electron chi connectivity index (χ2n) is 9.31. The number of benzene rings is 2. The minimum Gasteiger partial charge on any atom is -0.378 e. The van der Waals surface area contributed by atoms with Crippen LogP contribution in [0.2, 0.25) is 0 Å². The fourth-order valence-electron chi connectivity index (χ4n) is 4.53. The van der Waals surface area contributed by atoms with Crippen molar-refractivity contribution in [3.8, 4) is 11.3 Å². The number of H-pyrrole nitrogens is 1. The fraction of sp³-hybridized carbons (Fsp3) is 0.250. The molecular weight excluding hydrogens is 542 g/mol. The van der Waals surface area contributed by atoms with Crippen LogP contribution in [-0.4, -0.2) is 67.0 Å². The van der Waals surface area contributed by atoms with Crippen molar-refractivity contribution < 1.29 is 31.5 Å². The van der Waals surface area contributed by atoms with Gasteiger partial charge in [-0.15, -0.1) is 0 Å². The van der Waals surface area contributed by atoms with Gasteiger partial charge in [0.25, 0.3) is 5.91 Å². The SMILES string of the molecule is CCCS(=O)(=O)Nc1ccc(F)c(C(=O)c2c[nH]c3ccc(-c4ccc(C(=O)N5CCOCC5)cc4)nc23)c1F. The zero-order valence-electron chi connectivity index (χ0n) is 21.5. The van der Waals surface area contributed by atoms with Gasteiger partial charge in [-0.3, -0.25) is 14.3 Å². The molecule has 1 saturated heterocycles. The van der Waals surface area contributed by atoms with Gasteiger partial charge < -0.3 is 14.6 Å². The Morgan fingerprint density at radius 3 is 2.48 bits per heavy atom. The quantitative estimate of drug-likeness (QED) is 0.305. The lowest BCUT2D eigenvalue weighted by Crippen LogP contribution is -2.40. The molecule has 12 heteroatoms. The van der Waals surface area contributed by atoms with E-state index in [1.54, 1.807) is 48.2 Å². The molecule has 208 valence electrons. The van der Waals surface area contributed by atoms with Gasteiger partial charge in [0, 0.05) is 30.4 Å². The zero-order valence-corrected chi connectivity index (χ0v) is 22.4. The third kappa shape index (κ3) is 5.45. The van der Waals surface area contributed by atoms with Crippen LogP contribution in [0.5, 0.6) is 0 Å². The number of hydrogen-bond acceptors (Lipinski definition) is 6. The number of morpholine rings is 1. The Morgan fingerprint density at radius 1 is 1.05 bits per heavy atom.